The van der Waals surface area contributed by atoms with Crippen LogP contribution in [0.1, 0.15) is 19.3 Å². The number of amides is 4. The molecule has 0 aromatic heterocycles. The lowest BCUT2D eigenvalue weighted by molar-refractivity contribution is -0.128. The first-order chi connectivity index (χ1) is 18.0. The molecule has 6 rings (SSSR count). The third kappa shape index (κ3) is 4.60. The Bertz CT molecular complexity index is 1140. The van der Waals surface area contributed by atoms with E-state index in [1.54, 1.807) is 4.90 Å². The second-order valence-corrected chi connectivity index (χ2v) is 11.1. The number of rotatable bonds is 6. The minimum atomic E-state index is -0.230. The fourth-order valence-corrected chi connectivity index (χ4v) is 7.16. The van der Waals surface area contributed by atoms with Crippen molar-refractivity contribution in [2.24, 2.45) is 5.92 Å². The Morgan fingerprint density at radius 2 is 2.03 bits per heavy atom. The van der Waals surface area contributed by atoms with Gasteiger partial charge in [0.25, 0.3) is 5.91 Å². The molecule has 5 aliphatic rings. The predicted molar refractivity (Wildman–Crippen MR) is 139 cm³/mol. The van der Waals surface area contributed by atoms with Crippen molar-refractivity contribution in [2.75, 3.05) is 37.7 Å². The number of carbonyl (C=O) groups excluding carboxylic acids is 3. The molecule has 1 aromatic carbocycles. The van der Waals surface area contributed by atoms with Gasteiger partial charge in [-0.15, -0.1) is 0 Å². The van der Waals surface area contributed by atoms with Crippen LogP contribution in [0.3, 0.4) is 0 Å². The highest BCUT2D eigenvalue weighted by Crippen LogP contribution is 2.48. The molecule has 4 amide bonds. The highest BCUT2D eigenvalue weighted by molar-refractivity contribution is 8.04. The van der Waals surface area contributed by atoms with Crippen LogP contribution in [0.4, 0.5) is 10.5 Å². The van der Waals surface area contributed by atoms with E-state index in [0.717, 1.165) is 37.2 Å². The summed E-state index contributed by atoms with van der Waals surface area (Å²) in [6, 6.07) is 7.18. The topological polar surface area (TPSA) is 112 Å². The molecule has 37 heavy (non-hydrogen) atoms. The lowest BCUT2D eigenvalue weighted by Crippen LogP contribution is -2.62. The number of piperidine rings is 2. The van der Waals surface area contributed by atoms with Crippen LogP contribution in [0.2, 0.25) is 0 Å². The molecule has 5 aliphatic heterocycles. The minimum Gasteiger partial charge on any atom is -0.486 e. The summed E-state index contributed by atoms with van der Waals surface area (Å²) in [5, 5.41) is 9.68. The number of likely N-dealkylation sites (tertiary alicyclic amines) is 1. The Balaban J connectivity index is 1.19. The smallest absolute Gasteiger partial charge is 0.326 e. The van der Waals surface area contributed by atoms with Gasteiger partial charge in [0.2, 0.25) is 5.91 Å². The third-order valence-electron chi connectivity index (χ3n) is 7.62. The van der Waals surface area contributed by atoms with Crippen molar-refractivity contribution in [1.29, 1.82) is 0 Å². The Morgan fingerprint density at radius 3 is 2.76 bits per heavy atom. The quantitative estimate of drug-likeness (QED) is 0.483. The molecule has 0 radical (unpaired) electrons. The van der Waals surface area contributed by atoms with Crippen molar-refractivity contribution in [1.82, 2.24) is 20.9 Å². The van der Waals surface area contributed by atoms with Gasteiger partial charge in [0.1, 0.15) is 11.9 Å². The summed E-state index contributed by atoms with van der Waals surface area (Å²) < 4.78 is 11.0. The predicted octanol–water partition coefficient (Wildman–Crippen LogP) is 1.55. The van der Waals surface area contributed by atoms with E-state index in [4.69, 9.17) is 9.47 Å². The maximum absolute atomic E-state index is 13.4. The van der Waals surface area contributed by atoms with Crippen LogP contribution in [-0.4, -0.2) is 79.2 Å². The molecule has 1 aromatic rings. The summed E-state index contributed by atoms with van der Waals surface area (Å²) in [6.45, 7) is 6.66. The van der Waals surface area contributed by atoms with Gasteiger partial charge in [-0.2, -0.15) is 0 Å². The van der Waals surface area contributed by atoms with Gasteiger partial charge in [-0.1, -0.05) is 18.3 Å². The number of benzene rings is 1. The second-order valence-electron chi connectivity index (χ2n) is 9.99. The van der Waals surface area contributed by atoms with Crippen LogP contribution in [0.5, 0.6) is 5.75 Å². The molecule has 4 atom stereocenters. The molecule has 3 N–H and O–H groups in total. The normalized spacial score (nSPS) is 29.2. The number of thioether (sulfide) groups is 1. The van der Waals surface area contributed by atoms with Crippen molar-refractivity contribution in [3.63, 3.8) is 0 Å². The largest absolute Gasteiger partial charge is 0.486 e. The van der Waals surface area contributed by atoms with Crippen LogP contribution in [0.25, 0.3) is 0 Å². The van der Waals surface area contributed by atoms with E-state index >= 15 is 0 Å². The fourth-order valence-electron chi connectivity index (χ4n) is 5.76. The van der Waals surface area contributed by atoms with Crippen molar-refractivity contribution in [3.8, 4) is 5.75 Å². The molecule has 0 spiro atoms. The van der Waals surface area contributed by atoms with Crippen LogP contribution in [0.15, 0.2) is 47.5 Å². The van der Waals surface area contributed by atoms with Gasteiger partial charge in [-0.05, 0) is 56.1 Å². The first kappa shape index (κ1) is 24.3. The summed E-state index contributed by atoms with van der Waals surface area (Å²) in [5.41, 5.74) is 1.50. The zero-order chi connectivity index (χ0) is 25.5. The summed E-state index contributed by atoms with van der Waals surface area (Å²) in [7, 11) is 0. The van der Waals surface area contributed by atoms with E-state index in [0.29, 0.717) is 36.9 Å². The highest BCUT2D eigenvalue weighted by Gasteiger charge is 2.51. The molecule has 4 fully saturated rings. The Kier molecular flexibility index (Phi) is 6.60. The average molecular weight is 526 g/mol. The van der Waals surface area contributed by atoms with Crippen molar-refractivity contribution >= 4 is 35.3 Å². The first-order valence-corrected chi connectivity index (χ1v) is 13.7. The summed E-state index contributed by atoms with van der Waals surface area (Å²) in [6.07, 6.45) is 3.81. The number of hydrogen-bond donors (Lipinski definition) is 3. The number of nitrogens with one attached hydrogen (secondary N) is 3. The van der Waals surface area contributed by atoms with E-state index in [2.05, 4.69) is 22.5 Å². The molecule has 5 heterocycles. The molecule has 10 nitrogen and oxygen atoms in total. The highest BCUT2D eigenvalue weighted by atomic mass is 32.2. The first-order valence-electron chi connectivity index (χ1n) is 12.8. The summed E-state index contributed by atoms with van der Waals surface area (Å²) in [4.78, 5) is 42.9. The molecule has 196 valence electrons. The summed E-state index contributed by atoms with van der Waals surface area (Å²) in [5.74, 6) is 0.420. The van der Waals surface area contributed by atoms with Crippen LogP contribution in [0, 0.1) is 5.92 Å². The second kappa shape index (κ2) is 10.0. The van der Waals surface area contributed by atoms with Crippen LogP contribution < -0.4 is 25.6 Å². The molecule has 0 aliphatic carbocycles. The van der Waals surface area contributed by atoms with Gasteiger partial charge in [-0.25, -0.2) is 4.79 Å². The maximum atomic E-state index is 13.4. The lowest BCUT2D eigenvalue weighted by Gasteiger charge is -2.45. The number of nitrogens with zero attached hydrogens (tertiary/aromatic N) is 2. The Labute approximate surface area is 219 Å². The molecular formula is C26H31N5O5S. The average Bonchev–Trinajstić information content (AvgIpc) is 3.26. The van der Waals surface area contributed by atoms with Gasteiger partial charge in [0, 0.05) is 36.4 Å². The van der Waals surface area contributed by atoms with Crippen molar-refractivity contribution in [2.45, 2.75) is 42.8 Å². The van der Waals surface area contributed by atoms with Gasteiger partial charge >= 0.3 is 6.03 Å². The van der Waals surface area contributed by atoms with Gasteiger partial charge in [-0.3, -0.25) is 14.5 Å². The van der Waals surface area contributed by atoms with Crippen LogP contribution in [-0.2, 0) is 14.3 Å². The molecular weight excluding hydrogens is 494 g/mol. The zero-order valence-corrected chi connectivity index (χ0v) is 21.3. The summed E-state index contributed by atoms with van der Waals surface area (Å²) >= 11 is 1.48. The van der Waals surface area contributed by atoms with E-state index in [9.17, 15) is 14.4 Å². The number of ether oxygens (including phenoxy) is 2. The fraction of sp³-hybridized carbons (Fsp3) is 0.500. The Hall–Kier alpha value is -3.02. The molecule has 4 saturated heterocycles. The molecule has 0 bridgehead atoms. The third-order valence-corrected chi connectivity index (χ3v) is 8.97. The van der Waals surface area contributed by atoms with E-state index in [1.807, 2.05) is 29.2 Å². The van der Waals surface area contributed by atoms with Crippen molar-refractivity contribution < 1.29 is 23.9 Å². The number of urea groups is 1. The van der Waals surface area contributed by atoms with E-state index < -0.39 is 0 Å². The van der Waals surface area contributed by atoms with E-state index in [-0.39, 0.29) is 47.3 Å². The monoisotopic (exact) mass is 525 g/mol. The van der Waals surface area contributed by atoms with Crippen LogP contribution >= 0.6 is 11.8 Å². The maximum Gasteiger partial charge on any atom is 0.326 e. The Morgan fingerprint density at radius 1 is 1.22 bits per heavy atom. The molecule has 3 unspecified atom stereocenters. The molecule has 0 saturated carbocycles. The van der Waals surface area contributed by atoms with Gasteiger partial charge < -0.3 is 30.3 Å². The van der Waals surface area contributed by atoms with E-state index in [1.165, 1.54) is 17.8 Å². The number of carbonyl (C=O) groups is 3. The zero-order valence-electron chi connectivity index (χ0n) is 20.5. The molecule has 11 heteroatoms. The minimum absolute atomic E-state index is 0.00372. The lowest BCUT2D eigenvalue weighted by atomic mass is 9.86. The number of anilines is 1. The van der Waals surface area contributed by atoms with Crippen molar-refractivity contribution in [3.05, 3.63) is 47.5 Å². The SMILES string of the molecule is C=CC(=O)N1CCC[C@@H](NC(=O)C2=C3NC(=O)N(c4ccc(OC5COC5)cc4)C4CCNC(S2)C34)C1. The van der Waals surface area contributed by atoms with Gasteiger partial charge in [0.15, 0.2) is 0 Å². The standard InChI is InChI=1S/C26H31N5O5S/c1-2-20(32)30-11-3-4-15(12-30)28-24(33)23-22-21-19(9-10-27-25(21)37-23)31(26(34)29-22)16-5-7-17(8-6-16)36-18-13-35-14-18/h2,5-8,15,18-19,21,25,27H,1,3-4,9-14H2,(H,28,33)(H,29,34)/t15-,19?,21?,25?/m1/s1. The number of hydrogen-bond acceptors (Lipinski definition) is 7. The van der Waals surface area contributed by atoms with Gasteiger partial charge in [0.05, 0.1) is 29.5 Å².